The third kappa shape index (κ3) is 3.11. The zero-order valence-corrected chi connectivity index (χ0v) is 12.8. The van der Waals surface area contributed by atoms with Crippen molar-refractivity contribution < 1.29 is 9.18 Å². The molecule has 0 heterocycles. The minimum absolute atomic E-state index is 0.265. The van der Waals surface area contributed by atoms with Crippen LogP contribution in [0.15, 0.2) is 34.8 Å². The van der Waals surface area contributed by atoms with Gasteiger partial charge in [0.05, 0.1) is 15.1 Å². The molecule has 0 radical (unpaired) electrons. The van der Waals surface area contributed by atoms with Crippen LogP contribution in [0.2, 0.25) is 5.02 Å². The maximum absolute atomic E-state index is 13.3. The van der Waals surface area contributed by atoms with Crippen molar-refractivity contribution in [1.29, 1.82) is 0 Å². The number of rotatable bonds is 2. The molecule has 0 atom stereocenters. The Morgan fingerprint density at radius 1 is 1.35 bits per heavy atom. The molecule has 0 aliphatic rings. The van der Waals surface area contributed by atoms with E-state index in [1.165, 1.54) is 18.2 Å². The van der Waals surface area contributed by atoms with Crippen molar-refractivity contribution in [2.75, 3.05) is 11.1 Å². The Kier molecular flexibility index (Phi) is 4.30. The smallest absolute Gasteiger partial charge is 0.257 e. The van der Waals surface area contributed by atoms with E-state index in [-0.39, 0.29) is 21.2 Å². The van der Waals surface area contributed by atoms with Crippen molar-refractivity contribution >= 4 is 44.8 Å². The Hall–Kier alpha value is -1.59. The van der Waals surface area contributed by atoms with Gasteiger partial charge in [0.15, 0.2) is 0 Å². The topological polar surface area (TPSA) is 55.1 Å². The number of carbonyl (C=O) groups excluding carboxylic acids is 1. The summed E-state index contributed by atoms with van der Waals surface area (Å²) in [6.45, 7) is 1.70. The summed E-state index contributed by atoms with van der Waals surface area (Å²) in [5, 5.41) is 2.96. The van der Waals surface area contributed by atoms with E-state index in [0.29, 0.717) is 22.5 Å². The Bertz CT molecular complexity index is 691. The van der Waals surface area contributed by atoms with Crippen LogP contribution in [0, 0.1) is 12.7 Å². The lowest BCUT2D eigenvalue weighted by Crippen LogP contribution is -2.13. The van der Waals surface area contributed by atoms with Gasteiger partial charge in [-0.25, -0.2) is 4.39 Å². The fourth-order valence-electron chi connectivity index (χ4n) is 1.69. The van der Waals surface area contributed by atoms with Gasteiger partial charge in [-0.1, -0.05) is 11.6 Å². The van der Waals surface area contributed by atoms with E-state index < -0.39 is 0 Å². The highest BCUT2D eigenvalue weighted by molar-refractivity contribution is 9.10. The Labute approximate surface area is 129 Å². The molecule has 20 heavy (non-hydrogen) atoms. The number of anilines is 2. The molecule has 0 saturated heterocycles. The van der Waals surface area contributed by atoms with Gasteiger partial charge in [0.2, 0.25) is 0 Å². The van der Waals surface area contributed by atoms with Crippen LogP contribution in [0.25, 0.3) is 0 Å². The molecule has 1 amide bonds. The summed E-state index contributed by atoms with van der Waals surface area (Å²) in [7, 11) is 0. The predicted molar refractivity (Wildman–Crippen MR) is 82.7 cm³/mol. The lowest BCUT2D eigenvalue weighted by molar-refractivity contribution is 0.102. The zero-order valence-electron chi connectivity index (χ0n) is 10.5. The molecule has 0 fully saturated rings. The molecule has 0 aliphatic heterocycles. The molecule has 104 valence electrons. The van der Waals surface area contributed by atoms with E-state index >= 15 is 0 Å². The van der Waals surface area contributed by atoms with Crippen LogP contribution in [-0.4, -0.2) is 5.91 Å². The summed E-state index contributed by atoms with van der Waals surface area (Å²) in [6, 6.07) is 7.48. The number of hydrogen-bond donors (Lipinski definition) is 2. The van der Waals surface area contributed by atoms with E-state index in [1.807, 2.05) is 0 Å². The summed E-state index contributed by atoms with van der Waals surface area (Å²) >= 11 is 9.06. The van der Waals surface area contributed by atoms with Crippen LogP contribution in [0.4, 0.5) is 15.8 Å². The first-order valence-corrected chi connectivity index (χ1v) is 6.87. The minimum atomic E-state index is -0.383. The SMILES string of the molecule is Cc1cc(F)c(Br)cc1NC(=O)c1ccc(N)cc1Cl. The summed E-state index contributed by atoms with van der Waals surface area (Å²) in [5.41, 5.74) is 7.49. The molecular weight excluding hydrogens is 347 g/mol. The number of amides is 1. The number of nitrogen functional groups attached to an aromatic ring is 1. The molecule has 3 N–H and O–H groups in total. The lowest BCUT2D eigenvalue weighted by Gasteiger charge is -2.10. The van der Waals surface area contributed by atoms with Crippen molar-refractivity contribution in [1.82, 2.24) is 0 Å². The van der Waals surface area contributed by atoms with E-state index in [4.69, 9.17) is 17.3 Å². The predicted octanol–water partition coefficient (Wildman–Crippen LogP) is 4.38. The van der Waals surface area contributed by atoms with Gasteiger partial charge in [-0.15, -0.1) is 0 Å². The first-order chi connectivity index (χ1) is 9.38. The maximum Gasteiger partial charge on any atom is 0.257 e. The van der Waals surface area contributed by atoms with E-state index in [0.717, 1.165) is 0 Å². The fourth-order valence-corrected chi connectivity index (χ4v) is 2.30. The summed E-state index contributed by atoms with van der Waals surface area (Å²) in [5.74, 6) is -0.761. The van der Waals surface area contributed by atoms with Crippen LogP contribution < -0.4 is 11.1 Å². The van der Waals surface area contributed by atoms with Gasteiger partial charge in [-0.3, -0.25) is 4.79 Å². The van der Waals surface area contributed by atoms with Crippen molar-refractivity contribution in [3.05, 3.63) is 56.8 Å². The van der Waals surface area contributed by atoms with E-state index in [2.05, 4.69) is 21.2 Å². The van der Waals surface area contributed by atoms with Crippen LogP contribution in [0.5, 0.6) is 0 Å². The average molecular weight is 358 g/mol. The highest BCUT2D eigenvalue weighted by Gasteiger charge is 2.13. The molecule has 2 rings (SSSR count). The van der Waals surface area contributed by atoms with Gasteiger partial charge in [0.25, 0.3) is 5.91 Å². The number of benzene rings is 2. The van der Waals surface area contributed by atoms with Crippen molar-refractivity contribution in [3.8, 4) is 0 Å². The van der Waals surface area contributed by atoms with E-state index in [1.54, 1.807) is 19.1 Å². The largest absolute Gasteiger partial charge is 0.399 e. The maximum atomic E-state index is 13.3. The number of halogens is 3. The van der Waals surface area contributed by atoms with Crippen molar-refractivity contribution in [2.45, 2.75) is 6.92 Å². The third-order valence-electron chi connectivity index (χ3n) is 2.75. The van der Waals surface area contributed by atoms with Crippen LogP contribution >= 0.6 is 27.5 Å². The van der Waals surface area contributed by atoms with Gasteiger partial charge >= 0.3 is 0 Å². The Morgan fingerprint density at radius 3 is 2.70 bits per heavy atom. The monoisotopic (exact) mass is 356 g/mol. The quantitative estimate of drug-likeness (QED) is 0.783. The lowest BCUT2D eigenvalue weighted by atomic mass is 10.1. The summed E-state index contributed by atoms with van der Waals surface area (Å²) < 4.78 is 13.6. The summed E-state index contributed by atoms with van der Waals surface area (Å²) in [6.07, 6.45) is 0. The first kappa shape index (κ1) is 14.8. The van der Waals surface area contributed by atoms with Gasteiger partial charge in [0, 0.05) is 11.4 Å². The molecule has 0 aromatic heterocycles. The molecule has 0 unspecified atom stereocenters. The second-order valence-corrected chi connectivity index (χ2v) is 5.54. The number of aryl methyl sites for hydroxylation is 1. The normalized spacial score (nSPS) is 10.4. The number of nitrogens with one attached hydrogen (secondary N) is 1. The molecule has 0 spiro atoms. The number of nitrogens with two attached hydrogens (primary N) is 1. The van der Waals surface area contributed by atoms with Crippen LogP contribution in [0.3, 0.4) is 0 Å². The van der Waals surface area contributed by atoms with E-state index in [9.17, 15) is 9.18 Å². The van der Waals surface area contributed by atoms with Crippen LogP contribution in [-0.2, 0) is 0 Å². The van der Waals surface area contributed by atoms with Gasteiger partial charge in [-0.2, -0.15) is 0 Å². The minimum Gasteiger partial charge on any atom is -0.399 e. The highest BCUT2D eigenvalue weighted by atomic mass is 79.9. The van der Waals surface area contributed by atoms with Crippen LogP contribution in [0.1, 0.15) is 15.9 Å². The van der Waals surface area contributed by atoms with Gasteiger partial charge < -0.3 is 11.1 Å². The summed E-state index contributed by atoms with van der Waals surface area (Å²) in [4.78, 5) is 12.1. The molecule has 0 aliphatic carbocycles. The molecule has 0 bridgehead atoms. The van der Waals surface area contributed by atoms with Crippen molar-refractivity contribution in [3.63, 3.8) is 0 Å². The second kappa shape index (κ2) is 5.81. The Morgan fingerprint density at radius 2 is 2.05 bits per heavy atom. The second-order valence-electron chi connectivity index (χ2n) is 4.27. The molecular formula is C14H11BrClFN2O. The molecule has 0 saturated carbocycles. The third-order valence-corrected chi connectivity index (χ3v) is 3.67. The fraction of sp³-hybridized carbons (Fsp3) is 0.0714. The number of hydrogen-bond acceptors (Lipinski definition) is 2. The van der Waals surface area contributed by atoms with Gasteiger partial charge in [-0.05, 0) is 58.7 Å². The highest BCUT2D eigenvalue weighted by Crippen LogP contribution is 2.26. The zero-order chi connectivity index (χ0) is 14.9. The molecule has 3 nitrogen and oxygen atoms in total. The number of carbonyl (C=O) groups is 1. The molecule has 6 heteroatoms. The average Bonchev–Trinajstić information content (AvgIpc) is 2.35. The Balaban J connectivity index is 2.30. The standard InChI is InChI=1S/C14H11BrClFN2O/c1-7-4-12(17)10(15)6-13(7)19-14(20)9-3-2-8(18)5-11(9)16/h2-6H,18H2,1H3,(H,19,20). The van der Waals surface area contributed by atoms with Crippen molar-refractivity contribution in [2.24, 2.45) is 0 Å². The molecule has 2 aromatic rings. The molecule has 2 aromatic carbocycles. The first-order valence-electron chi connectivity index (χ1n) is 5.70. The van der Waals surface area contributed by atoms with Gasteiger partial charge in [0.1, 0.15) is 5.82 Å².